The van der Waals surface area contributed by atoms with Crippen LogP contribution in [0, 0.1) is 10.1 Å². The molecule has 1 amide bonds. The zero-order chi connectivity index (χ0) is 17.8. The summed E-state index contributed by atoms with van der Waals surface area (Å²) < 4.78 is 10.3. The summed E-state index contributed by atoms with van der Waals surface area (Å²) in [4.78, 5) is 26.4. The van der Waals surface area contributed by atoms with Gasteiger partial charge in [0.15, 0.2) is 0 Å². The number of hydrogen-bond donors (Lipinski definition) is 0. The maximum absolute atomic E-state index is 11.8. The second kappa shape index (κ2) is 7.25. The van der Waals surface area contributed by atoms with Crippen molar-refractivity contribution in [1.29, 1.82) is 0 Å². The van der Waals surface area contributed by atoms with Crippen LogP contribution in [0.5, 0.6) is 0 Å². The molecule has 8 heteroatoms. The molecule has 1 saturated heterocycles. The summed E-state index contributed by atoms with van der Waals surface area (Å²) in [6.07, 6.45) is 1.19. The van der Waals surface area contributed by atoms with Crippen LogP contribution in [0.3, 0.4) is 0 Å². The molecule has 0 unspecified atom stereocenters. The first-order valence-corrected chi connectivity index (χ1v) is 8.09. The maximum Gasteiger partial charge on any atom is 0.409 e. The first kappa shape index (κ1) is 16.8. The quantitative estimate of drug-likeness (QED) is 0.625. The Balaban J connectivity index is 1.79. The van der Waals surface area contributed by atoms with Crippen molar-refractivity contribution >= 4 is 17.5 Å². The minimum Gasteiger partial charge on any atom is -0.464 e. The van der Waals surface area contributed by atoms with E-state index in [4.69, 9.17) is 9.15 Å². The van der Waals surface area contributed by atoms with Crippen molar-refractivity contribution in [3.05, 3.63) is 46.7 Å². The normalized spacial score (nSPS) is 14.4. The SMILES string of the molecule is CCOC(=O)N1CCN(c2ccc([N+](=O)[O-])c(-c3ccco3)c2)CC1. The molecule has 8 nitrogen and oxygen atoms in total. The van der Waals surface area contributed by atoms with Crippen molar-refractivity contribution in [2.75, 3.05) is 37.7 Å². The van der Waals surface area contributed by atoms with Crippen molar-refractivity contribution in [2.24, 2.45) is 0 Å². The Bertz CT molecular complexity index is 752. The van der Waals surface area contributed by atoms with E-state index < -0.39 is 4.92 Å². The average Bonchev–Trinajstić information content (AvgIpc) is 3.16. The smallest absolute Gasteiger partial charge is 0.409 e. The largest absolute Gasteiger partial charge is 0.464 e. The van der Waals surface area contributed by atoms with E-state index in [-0.39, 0.29) is 11.8 Å². The number of anilines is 1. The summed E-state index contributed by atoms with van der Waals surface area (Å²) in [6, 6.07) is 8.38. The average molecular weight is 345 g/mol. The molecule has 0 N–H and O–H groups in total. The summed E-state index contributed by atoms with van der Waals surface area (Å²) in [6.45, 7) is 4.50. The molecule has 1 fully saturated rings. The first-order valence-electron chi connectivity index (χ1n) is 8.09. The minimum atomic E-state index is -0.416. The predicted molar refractivity (Wildman–Crippen MR) is 91.6 cm³/mol. The van der Waals surface area contributed by atoms with Gasteiger partial charge in [0, 0.05) is 37.9 Å². The third-order valence-electron chi connectivity index (χ3n) is 4.13. The zero-order valence-corrected chi connectivity index (χ0v) is 13.9. The minimum absolute atomic E-state index is 0.00357. The number of nitro benzene ring substituents is 1. The molecule has 25 heavy (non-hydrogen) atoms. The van der Waals surface area contributed by atoms with Crippen LogP contribution in [0.1, 0.15) is 6.92 Å². The van der Waals surface area contributed by atoms with Gasteiger partial charge in [-0.3, -0.25) is 10.1 Å². The second-order valence-corrected chi connectivity index (χ2v) is 5.61. The molecule has 1 aliphatic heterocycles. The number of piperazine rings is 1. The standard InChI is InChI=1S/C17H19N3O5/c1-2-24-17(21)19-9-7-18(8-10-19)13-5-6-15(20(22)23)14(12-13)16-4-3-11-25-16/h3-6,11-12H,2,7-10H2,1H3. The monoisotopic (exact) mass is 345 g/mol. The van der Waals surface area contributed by atoms with E-state index in [1.165, 1.54) is 12.3 Å². The Morgan fingerprint density at radius 3 is 2.64 bits per heavy atom. The molecule has 0 bridgehead atoms. The van der Waals surface area contributed by atoms with Crippen molar-refractivity contribution in [3.8, 4) is 11.3 Å². The van der Waals surface area contributed by atoms with Gasteiger partial charge in [0.25, 0.3) is 5.69 Å². The second-order valence-electron chi connectivity index (χ2n) is 5.61. The molecule has 0 saturated carbocycles. The summed E-state index contributed by atoms with van der Waals surface area (Å²) >= 11 is 0. The van der Waals surface area contributed by atoms with Gasteiger partial charge >= 0.3 is 6.09 Å². The van der Waals surface area contributed by atoms with Gasteiger partial charge in [-0.1, -0.05) is 0 Å². The lowest BCUT2D eigenvalue weighted by Crippen LogP contribution is -2.49. The van der Waals surface area contributed by atoms with Crippen molar-refractivity contribution in [2.45, 2.75) is 6.92 Å². The molecule has 0 radical (unpaired) electrons. The predicted octanol–water partition coefficient (Wildman–Crippen LogP) is 3.13. The fraction of sp³-hybridized carbons (Fsp3) is 0.353. The number of nitro groups is 1. The molecular formula is C17H19N3O5. The summed E-state index contributed by atoms with van der Waals surface area (Å²) in [5, 5.41) is 11.3. The van der Waals surface area contributed by atoms with E-state index >= 15 is 0 Å². The Kier molecular flexibility index (Phi) is 4.87. The number of nitrogens with zero attached hydrogens (tertiary/aromatic N) is 3. The third kappa shape index (κ3) is 3.57. The van der Waals surface area contributed by atoms with Gasteiger partial charge in [0.05, 0.1) is 23.4 Å². The van der Waals surface area contributed by atoms with E-state index in [0.29, 0.717) is 44.1 Å². The van der Waals surface area contributed by atoms with Crippen LogP contribution < -0.4 is 4.90 Å². The molecule has 2 heterocycles. The van der Waals surface area contributed by atoms with Crippen molar-refractivity contribution in [3.63, 3.8) is 0 Å². The molecule has 1 aliphatic rings. The lowest BCUT2D eigenvalue weighted by molar-refractivity contribution is -0.384. The number of ether oxygens (including phenoxy) is 1. The van der Waals surface area contributed by atoms with Gasteiger partial charge in [-0.25, -0.2) is 4.79 Å². The van der Waals surface area contributed by atoms with Gasteiger partial charge in [-0.05, 0) is 31.2 Å². The van der Waals surface area contributed by atoms with Gasteiger partial charge in [-0.15, -0.1) is 0 Å². The molecular weight excluding hydrogens is 326 g/mol. The number of carbonyl (C=O) groups excluding carboxylic acids is 1. The van der Waals surface area contributed by atoms with Gasteiger partial charge < -0.3 is 19.0 Å². The highest BCUT2D eigenvalue weighted by Crippen LogP contribution is 2.34. The Labute approximate surface area is 144 Å². The molecule has 0 atom stereocenters. The topological polar surface area (TPSA) is 89.1 Å². The fourth-order valence-electron chi connectivity index (χ4n) is 2.87. The summed E-state index contributed by atoms with van der Waals surface area (Å²) in [5.41, 5.74) is 1.31. The van der Waals surface area contributed by atoms with Gasteiger partial charge in [0.2, 0.25) is 0 Å². The van der Waals surface area contributed by atoms with E-state index in [2.05, 4.69) is 4.90 Å². The molecule has 132 valence electrons. The number of benzene rings is 1. The highest BCUT2D eigenvalue weighted by Gasteiger charge is 2.24. The first-order chi connectivity index (χ1) is 12.1. The number of rotatable bonds is 4. The molecule has 1 aromatic carbocycles. The van der Waals surface area contributed by atoms with Crippen LogP contribution in [-0.4, -0.2) is 48.7 Å². The molecule has 0 aliphatic carbocycles. The van der Waals surface area contributed by atoms with Gasteiger partial charge in [0.1, 0.15) is 5.76 Å². The van der Waals surface area contributed by atoms with E-state index in [0.717, 1.165) is 5.69 Å². The Morgan fingerprint density at radius 1 is 1.28 bits per heavy atom. The lowest BCUT2D eigenvalue weighted by Gasteiger charge is -2.35. The van der Waals surface area contributed by atoms with Crippen LogP contribution >= 0.6 is 0 Å². The van der Waals surface area contributed by atoms with Crippen LogP contribution in [0.2, 0.25) is 0 Å². The number of hydrogen-bond acceptors (Lipinski definition) is 6. The van der Waals surface area contributed by atoms with E-state index in [1.54, 1.807) is 36.1 Å². The summed E-state index contributed by atoms with van der Waals surface area (Å²) in [7, 11) is 0. The van der Waals surface area contributed by atoms with Crippen LogP contribution in [0.4, 0.5) is 16.2 Å². The van der Waals surface area contributed by atoms with E-state index in [1.807, 2.05) is 0 Å². The highest BCUT2D eigenvalue weighted by atomic mass is 16.6. The van der Waals surface area contributed by atoms with Gasteiger partial charge in [-0.2, -0.15) is 0 Å². The Hall–Kier alpha value is -3.03. The highest BCUT2D eigenvalue weighted by molar-refractivity contribution is 5.74. The molecule has 3 rings (SSSR count). The van der Waals surface area contributed by atoms with Crippen LogP contribution in [0.25, 0.3) is 11.3 Å². The number of carbonyl (C=O) groups is 1. The number of amides is 1. The third-order valence-corrected chi connectivity index (χ3v) is 4.13. The molecule has 1 aromatic heterocycles. The van der Waals surface area contributed by atoms with Crippen LogP contribution in [-0.2, 0) is 4.74 Å². The Morgan fingerprint density at radius 2 is 2.04 bits per heavy atom. The van der Waals surface area contributed by atoms with E-state index in [9.17, 15) is 14.9 Å². The van der Waals surface area contributed by atoms with Crippen molar-refractivity contribution < 1.29 is 18.9 Å². The lowest BCUT2D eigenvalue weighted by atomic mass is 10.1. The van der Waals surface area contributed by atoms with Crippen molar-refractivity contribution in [1.82, 2.24) is 4.90 Å². The maximum atomic E-state index is 11.8. The zero-order valence-electron chi connectivity index (χ0n) is 13.9. The summed E-state index contributed by atoms with van der Waals surface area (Å²) in [5.74, 6) is 0.457. The fourth-order valence-corrected chi connectivity index (χ4v) is 2.87. The molecule has 2 aromatic rings. The number of furan rings is 1. The van der Waals surface area contributed by atoms with Crippen LogP contribution in [0.15, 0.2) is 41.0 Å². The molecule has 0 spiro atoms.